The normalized spacial score (nSPS) is 10.9. The molecule has 0 unspecified atom stereocenters. The predicted molar refractivity (Wildman–Crippen MR) is 82.3 cm³/mol. The van der Waals surface area contributed by atoms with Crippen molar-refractivity contribution in [3.8, 4) is 5.75 Å². The van der Waals surface area contributed by atoms with Crippen molar-refractivity contribution >= 4 is 16.7 Å². The van der Waals surface area contributed by atoms with Crippen LogP contribution in [0, 0.1) is 11.3 Å². The molecule has 1 aromatic heterocycles. The molecule has 0 spiro atoms. The zero-order chi connectivity index (χ0) is 14.5. The van der Waals surface area contributed by atoms with Crippen molar-refractivity contribution in [2.75, 3.05) is 6.61 Å². The first-order chi connectivity index (χ1) is 9.59. The molecule has 0 atom stereocenters. The number of aromatic nitrogens is 1. The van der Waals surface area contributed by atoms with Crippen molar-refractivity contribution in [2.45, 2.75) is 26.7 Å². The Bertz CT molecular complexity index is 608. The Labute approximate surface area is 119 Å². The number of pyridine rings is 1. The Hall–Kier alpha value is -2.10. The number of rotatable bonds is 6. The number of nitrogens with zero attached hydrogens (tertiary/aromatic N) is 1. The van der Waals surface area contributed by atoms with E-state index in [1.807, 2.05) is 24.3 Å². The number of hydrogen-bond acceptors (Lipinski definition) is 3. The van der Waals surface area contributed by atoms with Crippen LogP contribution in [-0.2, 0) is 0 Å². The van der Waals surface area contributed by atoms with Crippen molar-refractivity contribution in [3.63, 3.8) is 0 Å². The van der Waals surface area contributed by atoms with Crippen molar-refractivity contribution in [1.29, 1.82) is 5.41 Å². The number of nitrogens with one attached hydrogen (secondary N) is 1. The third kappa shape index (κ3) is 3.26. The molecular weight excluding hydrogens is 250 g/mol. The maximum Gasteiger partial charge on any atom is 0.141 e. The summed E-state index contributed by atoms with van der Waals surface area (Å²) in [6.07, 6.45) is 3.73. The van der Waals surface area contributed by atoms with Gasteiger partial charge in [0.2, 0.25) is 0 Å². The number of para-hydroxylation sites is 1. The molecule has 4 nitrogen and oxygen atoms in total. The van der Waals surface area contributed by atoms with E-state index in [9.17, 15) is 0 Å². The maximum atomic E-state index is 7.66. The highest BCUT2D eigenvalue weighted by Crippen LogP contribution is 2.28. The summed E-state index contributed by atoms with van der Waals surface area (Å²) >= 11 is 0. The van der Waals surface area contributed by atoms with Gasteiger partial charge in [0.15, 0.2) is 0 Å². The van der Waals surface area contributed by atoms with Crippen LogP contribution in [0.3, 0.4) is 0 Å². The van der Waals surface area contributed by atoms with Gasteiger partial charge in [0, 0.05) is 11.6 Å². The van der Waals surface area contributed by atoms with Gasteiger partial charge in [-0.3, -0.25) is 10.4 Å². The molecule has 0 aliphatic carbocycles. The third-order valence-corrected chi connectivity index (χ3v) is 3.19. The largest absolute Gasteiger partial charge is 0.492 e. The number of hydrogen-bond donors (Lipinski definition) is 2. The minimum atomic E-state index is -0.0119. The van der Waals surface area contributed by atoms with Gasteiger partial charge in [0.25, 0.3) is 0 Å². The molecule has 1 heterocycles. The summed E-state index contributed by atoms with van der Waals surface area (Å²) in [5.74, 6) is 1.33. The number of fused-ring (bicyclic) bond motifs is 1. The van der Waals surface area contributed by atoms with Gasteiger partial charge in [-0.15, -0.1) is 0 Å². The molecule has 1 aromatic carbocycles. The topological polar surface area (TPSA) is 72.0 Å². The van der Waals surface area contributed by atoms with Crippen molar-refractivity contribution in [1.82, 2.24) is 4.98 Å². The van der Waals surface area contributed by atoms with E-state index in [1.54, 1.807) is 6.20 Å². The van der Waals surface area contributed by atoms with Crippen LogP contribution in [0.5, 0.6) is 5.75 Å². The summed E-state index contributed by atoms with van der Waals surface area (Å²) in [7, 11) is 0. The summed E-state index contributed by atoms with van der Waals surface area (Å²) in [5, 5.41) is 8.57. The van der Waals surface area contributed by atoms with Crippen LogP contribution in [0.4, 0.5) is 0 Å². The zero-order valence-corrected chi connectivity index (χ0v) is 12.0. The first kappa shape index (κ1) is 14.3. The van der Waals surface area contributed by atoms with Crippen molar-refractivity contribution < 1.29 is 4.74 Å². The quantitative estimate of drug-likeness (QED) is 0.481. The lowest BCUT2D eigenvalue weighted by Gasteiger charge is -2.13. The molecule has 2 rings (SSSR count). The fourth-order valence-corrected chi connectivity index (χ4v) is 2.13. The molecule has 0 bridgehead atoms. The van der Waals surface area contributed by atoms with Crippen LogP contribution < -0.4 is 10.5 Å². The molecule has 0 aliphatic heterocycles. The lowest BCUT2D eigenvalue weighted by Crippen LogP contribution is -2.14. The van der Waals surface area contributed by atoms with Gasteiger partial charge in [0.05, 0.1) is 17.7 Å². The van der Waals surface area contributed by atoms with Gasteiger partial charge >= 0.3 is 0 Å². The monoisotopic (exact) mass is 271 g/mol. The average molecular weight is 271 g/mol. The van der Waals surface area contributed by atoms with Gasteiger partial charge < -0.3 is 10.5 Å². The Balaban J connectivity index is 2.28. The minimum absolute atomic E-state index is 0.0119. The third-order valence-electron chi connectivity index (χ3n) is 3.19. The van der Waals surface area contributed by atoms with E-state index < -0.39 is 0 Å². The first-order valence-electron chi connectivity index (χ1n) is 6.94. The molecule has 0 saturated carbocycles. The van der Waals surface area contributed by atoms with E-state index in [0.717, 1.165) is 23.7 Å². The van der Waals surface area contributed by atoms with Crippen LogP contribution in [0.15, 0.2) is 30.5 Å². The predicted octanol–water partition coefficient (Wildman–Crippen LogP) is 3.33. The highest BCUT2D eigenvalue weighted by molar-refractivity contribution is 6.02. The van der Waals surface area contributed by atoms with Crippen LogP contribution in [0.25, 0.3) is 10.9 Å². The molecular formula is C16H21N3O. The van der Waals surface area contributed by atoms with Gasteiger partial charge in [-0.2, -0.15) is 0 Å². The van der Waals surface area contributed by atoms with E-state index in [-0.39, 0.29) is 5.84 Å². The van der Waals surface area contributed by atoms with E-state index in [1.165, 1.54) is 0 Å². The van der Waals surface area contributed by atoms with E-state index in [0.29, 0.717) is 23.8 Å². The number of amidine groups is 1. The van der Waals surface area contributed by atoms with Crippen molar-refractivity contribution in [3.05, 3.63) is 36.0 Å². The summed E-state index contributed by atoms with van der Waals surface area (Å²) in [6, 6.07) is 7.76. The maximum absolute atomic E-state index is 7.66. The molecule has 106 valence electrons. The van der Waals surface area contributed by atoms with Gasteiger partial charge in [-0.1, -0.05) is 26.0 Å². The molecule has 3 N–H and O–H groups in total. The summed E-state index contributed by atoms with van der Waals surface area (Å²) in [6.45, 7) is 5.03. The average Bonchev–Trinajstić information content (AvgIpc) is 2.42. The SMILES string of the molecule is CC(C)CCCOc1c(C(=N)N)cnc2ccccc12. The standard InChI is InChI=1S/C16H21N3O/c1-11(2)6-5-9-20-15-12-7-3-4-8-14(12)19-10-13(15)16(17)18/h3-4,7-8,10-11H,5-6,9H2,1-2H3,(H3,17,18). The Kier molecular flexibility index (Phi) is 4.56. The molecule has 0 saturated heterocycles. The van der Waals surface area contributed by atoms with Crippen LogP contribution in [0.2, 0.25) is 0 Å². The minimum Gasteiger partial charge on any atom is -0.492 e. The number of benzene rings is 1. The van der Waals surface area contributed by atoms with Crippen molar-refractivity contribution in [2.24, 2.45) is 11.7 Å². The first-order valence-corrected chi connectivity index (χ1v) is 6.94. The fourth-order valence-electron chi connectivity index (χ4n) is 2.13. The second-order valence-electron chi connectivity index (χ2n) is 5.32. The summed E-state index contributed by atoms with van der Waals surface area (Å²) in [4.78, 5) is 4.32. The number of nitrogen functional groups attached to an aromatic ring is 1. The highest BCUT2D eigenvalue weighted by Gasteiger charge is 2.12. The Morgan fingerprint density at radius 1 is 1.35 bits per heavy atom. The smallest absolute Gasteiger partial charge is 0.141 e. The molecule has 4 heteroatoms. The molecule has 20 heavy (non-hydrogen) atoms. The van der Waals surface area contributed by atoms with Gasteiger partial charge in [-0.25, -0.2) is 0 Å². The second-order valence-corrected chi connectivity index (χ2v) is 5.32. The highest BCUT2D eigenvalue weighted by atomic mass is 16.5. The molecule has 0 radical (unpaired) electrons. The summed E-state index contributed by atoms with van der Waals surface area (Å²) < 4.78 is 5.90. The fraction of sp³-hybridized carbons (Fsp3) is 0.375. The molecule has 2 aromatic rings. The second kappa shape index (κ2) is 6.37. The van der Waals surface area contributed by atoms with Gasteiger partial charge in [-0.05, 0) is 30.9 Å². The van der Waals surface area contributed by atoms with E-state index in [2.05, 4.69) is 18.8 Å². The molecule has 0 fully saturated rings. The lowest BCUT2D eigenvalue weighted by atomic mass is 10.1. The van der Waals surface area contributed by atoms with Crippen LogP contribution in [-0.4, -0.2) is 17.4 Å². The zero-order valence-electron chi connectivity index (χ0n) is 12.0. The summed E-state index contributed by atoms with van der Waals surface area (Å²) in [5.41, 5.74) is 7.04. The Morgan fingerprint density at radius 3 is 2.80 bits per heavy atom. The molecule has 0 aliphatic rings. The Morgan fingerprint density at radius 2 is 2.10 bits per heavy atom. The van der Waals surface area contributed by atoms with Crippen LogP contribution >= 0.6 is 0 Å². The molecule has 0 amide bonds. The lowest BCUT2D eigenvalue weighted by molar-refractivity contribution is 0.300. The van der Waals surface area contributed by atoms with Crippen LogP contribution in [0.1, 0.15) is 32.3 Å². The van der Waals surface area contributed by atoms with E-state index in [4.69, 9.17) is 15.9 Å². The number of ether oxygens (including phenoxy) is 1. The van der Waals surface area contributed by atoms with Gasteiger partial charge in [0.1, 0.15) is 11.6 Å². The number of nitrogens with two attached hydrogens (primary N) is 1. The van der Waals surface area contributed by atoms with E-state index >= 15 is 0 Å².